The minimum absolute atomic E-state index is 0.425. The molecule has 1 saturated heterocycles. The largest absolute Gasteiger partial charge is 0.296 e. The average molecular weight is 279 g/mol. The molecular formula is C13H17N3O2S. The van der Waals surface area contributed by atoms with E-state index >= 15 is 0 Å². The van der Waals surface area contributed by atoms with Gasteiger partial charge in [0.25, 0.3) is 0 Å². The van der Waals surface area contributed by atoms with E-state index in [2.05, 4.69) is 17.0 Å². The van der Waals surface area contributed by atoms with Crippen molar-refractivity contribution < 1.29 is 8.42 Å². The molecule has 0 atom stereocenters. The van der Waals surface area contributed by atoms with E-state index in [0.717, 1.165) is 6.54 Å². The number of hydrogen-bond acceptors (Lipinski definition) is 4. The van der Waals surface area contributed by atoms with Crippen LogP contribution in [0.2, 0.25) is 0 Å². The Kier molecular flexibility index (Phi) is 4.53. The molecule has 0 aromatic heterocycles. The van der Waals surface area contributed by atoms with Gasteiger partial charge < -0.3 is 0 Å². The van der Waals surface area contributed by atoms with Crippen LogP contribution in [0.4, 0.5) is 0 Å². The Morgan fingerprint density at radius 3 is 2.32 bits per heavy atom. The van der Waals surface area contributed by atoms with Crippen LogP contribution >= 0.6 is 0 Å². The molecule has 0 saturated carbocycles. The van der Waals surface area contributed by atoms with Crippen LogP contribution in [0.25, 0.3) is 0 Å². The first kappa shape index (κ1) is 14.0. The van der Waals surface area contributed by atoms with Gasteiger partial charge in [-0.05, 0) is 5.56 Å². The van der Waals surface area contributed by atoms with E-state index in [-0.39, 0.29) is 0 Å². The molecule has 5 nitrogen and oxygen atoms in total. The van der Waals surface area contributed by atoms with Crippen LogP contribution in [-0.2, 0) is 16.6 Å². The third kappa shape index (κ3) is 3.77. The molecular weight excluding hydrogens is 262 g/mol. The van der Waals surface area contributed by atoms with Gasteiger partial charge in [0.2, 0.25) is 10.0 Å². The van der Waals surface area contributed by atoms with Crippen molar-refractivity contribution >= 4 is 10.0 Å². The normalized spacial score (nSPS) is 18.1. The second-order valence-electron chi connectivity index (χ2n) is 4.58. The van der Waals surface area contributed by atoms with Crippen molar-refractivity contribution in [3.05, 3.63) is 35.9 Å². The molecule has 2 rings (SSSR count). The maximum Gasteiger partial charge on any atom is 0.227 e. The minimum atomic E-state index is -3.38. The number of piperazine rings is 1. The van der Waals surface area contributed by atoms with Crippen LogP contribution in [0.15, 0.2) is 30.3 Å². The van der Waals surface area contributed by atoms with Gasteiger partial charge in [-0.2, -0.15) is 9.57 Å². The van der Waals surface area contributed by atoms with E-state index in [9.17, 15) is 8.42 Å². The van der Waals surface area contributed by atoms with Gasteiger partial charge in [-0.25, -0.2) is 8.42 Å². The van der Waals surface area contributed by atoms with Crippen molar-refractivity contribution in [2.24, 2.45) is 0 Å². The monoisotopic (exact) mass is 279 g/mol. The number of rotatable bonds is 4. The highest BCUT2D eigenvalue weighted by Gasteiger charge is 2.26. The maximum atomic E-state index is 11.7. The second kappa shape index (κ2) is 6.15. The highest BCUT2D eigenvalue weighted by molar-refractivity contribution is 7.89. The fourth-order valence-electron chi connectivity index (χ4n) is 2.18. The Labute approximate surface area is 114 Å². The molecule has 1 aromatic carbocycles. The predicted molar refractivity (Wildman–Crippen MR) is 72.7 cm³/mol. The van der Waals surface area contributed by atoms with E-state index in [1.165, 1.54) is 9.87 Å². The molecule has 0 N–H and O–H groups in total. The molecule has 102 valence electrons. The Morgan fingerprint density at radius 2 is 1.74 bits per heavy atom. The first-order chi connectivity index (χ1) is 9.12. The molecule has 6 heteroatoms. The van der Waals surface area contributed by atoms with Crippen LogP contribution < -0.4 is 0 Å². The molecule has 0 radical (unpaired) electrons. The lowest BCUT2D eigenvalue weighted by atomic mass is 10.2. The van der Waals surface area contributed by atoms with E-state index in [4.69, 9.17) is 5.26 Å². The Morgan fingerprint density at radius 1 is 1.11 bits per heavy atom. The number of nitriles is 1. The predicted octanol–water partition coefficient (Wildman–Crippen LogP) is 0.658. The molecule has 1 aliphatic heterocycles. The molecule has 1 fully saturated rings. The quantitative estimate of drug-likeness (QED) is 0.812. The van der Waals surface area contributed by atoms with Crippen LogP contribution in [0.5, 0.6) is 0 Å². The summed E-state index contributed by atoms with van der Waals surface area (Å²) in [6, 6.07) is 11.8. The van der Waals surface area contributed by atoms with Gasteiger partial charge in [-0.3, -0.25) is 4.90 Å². The van der Waals surface area contributed by atoms with Crippen LogP contribution in [-0.4, -0.2) is 49.6 Å². The summed E-state index contributed by atoms with van der Waals surface area (Å²) < 4.78 is 24.9. The van der Waals surface area contributed by atoms with Crippen molar-refractivity contribution in [1.29, 1.82) is 5.26 Å². The summed E-state index contributed by atoms with van der Waals surface area (Å²) in [5.41, 5.74) is 1.23. The molecule has 0 amide bonds. The zero-order valence-corrected chi connectivity index (χ0v) is 11.5. The van der Waals surface area contributed by atoms with Gasteiger partial charge in [0.1, 0.15) is 0 Å². The van der Waals surface area contributed by atoms with E-state index in [1.54, 1.807) is 6.07 Å². The molecule has 1 aliphatic rings. The van der Waals surface area contributed by atoms with Crippen molar-refractivity contribution in [3.8, 4) is 6.07 Å². The number of sulfonamides is 1. The van der Waals surface area contributed by atoms with Gasteiger partial charge in [-0.15, -0.1) is 0 Å². The Hall–Kier alpha value is -1.42. The highest BCUT2D eigenvalue weighted by atomic mass is 32.2. The third-order valence-electron chi connectivity index (χ3n) is 3.22. The fraction of sp³-hybridized carbons (Fsp3) is 0.462. The molecule has 0 unspecified atom stereocenters. The topological polar surface area (TPSA) is 64.4 Å². The summed E-state index contributed by atoms with van der Waals surface area (Å²) in [6.07, 6.45) is 0. The lowest BCUT2D eigenvalue weighted by Gasteiger charge is -2.33. The summed E-state index contributed by atoms with van der Waals surface area (Å²) in [5.74, 6) is -0.425. The Bertz CT molecular complexity index is 543. The SMILES string of the molecule is N#CCS(=O)(=O)N1CCN(Cc2ccccc2)CC1. The van der Waals surface area contributed by atoms with E-state index in [1.807, 2.05) is 18.2 Å². The molecule has 1 aromatic rings. The van der Waals surface area contributed by atoms with Gasteiger partial charge in [0.05, 0.1) is 6.07 Å². The molecule has 0 aliphatic carbocycles. The van der Waals surface area contributed by atoms with Crippen LogP contribution in [0.3, 0.4) is 0 Å². The van der Waals surface area contributed by atoms with Crippen molar-refractivity contribution in [2.75, 3.05) is 31.9 Å². The van der Waals surface area contributed by atoms with Gasteiger partial charge in [0.15, 0.2) is 5.75 Å². The summed E-state index contributed by atoms with van der Waals surface area (Å²) in [4.78, 5) is 2.23. The average Bonchev–Trinajstić information content (AvgIpc) is 2.40. The number of nitrogens with zero attached hydrogens (tertiary/aromatic N) is 3. The fourth-order valence-corrected chi connectivity index (χ4v) is 3.25. The standard InChI is InChI=1S/C13H17N3O2S/c14-6-11-19(17,18)16-9-7-15(8-10-16)12-13-4-2-1-3-5-13/h1-5H,7-12H2. The lowest BCUT2D eigenvalue weighted by Crippen LogP contribution is -2.48. The van der Waals surface area contributed by atoms with Crippen LogP contribution in [0, 0.1) is 11.3 Å². The van der Waals surface area contributed by atoms with Gasteiger partial charge in [-0.1, -0.05) is 30.3 Å². The molecule has 0 bridgehead atoms. The lowest BCUT2D eigenvalue weighted by molar-refractivity contribution is 0.182. The number of hydrogen-bond donors (Lipinski definition) is 0. The van der Waals surface area contributed by atoms with E-state index < -0.39 is 15.8 Å². The van der Waals surface area contributed by atoms with Gasteiger partial charge >= 0.3 is 0 Å². The third-order valence-corrected chi connectivity index (χ3v) is 4.87. The van der Waals surface area contributed by atoms with Crippen molar-refractivity contribution in [3.63, 3.8) is 0 Å². The zero-order chi connectivity index (χ0) is 13.7. The summed E-state index contributed by atoms with van der Waals surface area (Å²) in [7, 11) is -3.38. The van der Waals surface area contributed by atoms with E-state index in [0.29, 0.717) is 26.2 Å². The highest BCUT2D eigenvalue weighted by Crippen LogP contribution is 2.11. The molecule has 0 spiro atoms. The van der Waals surface area contributed by atoms with Crippen molar-refractivity contribution in [2.45, 2.75) is 6.54 Å². The second-order valence-corrected chi connectivity index (χ2v) is 6.54. The first-order valence-corrected chi connectivity index (χ1v) is 7.84. The molecule has 1 heterocycles. The minimum Gasteiger partial charge on any atom is -0.296 e. The van der Waals surface area contributed by atoms with Crippen LogP contribution in [0.1, 0.15) is 5.56 Å². The summed E-state index contributed by atoms with van der Waals surface area (Å²) in [6.45, 7) is 3.19. The maximum absolute atomic E-state index is 11.7. The number of benzene rings is 1. The summed E-state index contributed by atoms with van der Waals surface area (Å²) in [5, 5.41) is 8.51. The van der Waals surface area contributed by atoms with Gasteiger partial charge in [0, 0.05) is 32.7 Å². The Balaban J connectivity index is 1.88. The summed E-state index contributed by atoms with van der Waals surface area (Å²) >= 11 is 0. The first-order valence-electron chi connectivity index (χ1n) is 6.23. The van der Waals surface area contributed by atoms with Crippen molar-refractivity contribution in [1.82, 2.24) is 9.21 Å². The smallest absolute Gasteiger partial charge is 0.227 e. The zero-order valence-electron chi connectivity index (χ0n) is 10.7. The molecule has 19 heavy (non-hydrogen) atoms.